The average Bonchev–Trinajstić information content (AvgIpc) is 3.09. The number of unbranched alkanes of at least 4 members (excludes halogenated alkanes) is 6. The summed E-state index contributed by atoms with van der Waals surface area (Å²) in [4.78, 5) is 0. The fraction of sp³-hybridized carbons (Fsp3) is 0.409. The number of rotatable bonds is 17. The summed E-state index contributed by atoms with van der Waals surface area (Å²) in [5, 5.41) is 5.20. The Morgan fingerprint density at radius 1 is 0.609 bits per heavy atom. The highest BCUT2D eigenvalue weighted by Gasteiger charge is 2.16. The van der Waals surface area contributed by atoms with Gasteiger partial charge in [-0.25, -0.2) is 0 Å². The molecule has 2 nitrogen and oxygen atoms in total. The second-order valence-electron chi connectivity index (χ2n) is 12.8. The van der Waals surface area contributed by atoms with E-state index in [9.17, 15) is 0 Å². The first-order valence-corrected chi connectivity index (χ1v) is 18.0. The monoisotopic (exact) mass is 613 g/mol. The van der Waals surface area contributed by atoms with Gasteiger partial charge in [0.15, 0.2) is 7.05 Å². The van der Waals surface area contributed by atoms with Crippen LogP contribution in [0.25, 0.3) is 28.3 Å². The van der Waals surface area contributed by atoms with Gasteiger partial charge >= 0.3 is 0 Å². The molecule has 46 heavy (non-hydrogen) atoms. The van der Waals surface area contributed by atoms with E-state index in [2.05, 4.69) is 137 Å². The van der Waals surface area contributed by atoms with Gasteiger partial charge < -0.3 is 0 Å². The zero-order chi connectivity index (χ0) is 32.7. The van der Waals surface area contributed by atoms with Crippen LogP contribution in [0.3, 0.4) is 0 Å². The van der Waals surface area contributed by atoms with Gasteiger partial charge in [0.25, 0.3) is 0 Å². The van der Waals surface area contributed by atoms with Crippen LogP contribution >= 0.6 is 0 Å². The van der Waals surface area contributed by atoms with E-state index in [1.54, 1.807) is 0 Å². The maximum atomic E-state index is 5.20. The second-order valence-corrected chi connectivity index (χ2v) is 12.8. The highest BCUT2D eigenvalue weighted by Crippen LogP contribution is 2.34. The predicted molar refractivity (Wildman–Crippen MR) is 200 cm³/mol. The van der Waals surface area contributed by atoms with Crippen molar-refractivity contribution in [2.24, 2.45) is 5.11 Å². The van der Waals surface area contributed by atoms with Crippen molar-refractivity contribution in [3.63, 3.8) is 0 Å². The third-order valence-corrected chi connectivity index (χ3v) is 9.33. The third kappa shape index (κ3) is 9.61. The molecule has 0 N–H and O–H groups in total. The molecule has 0 aliphatic rings. The van der Waals surface area contributed by atoms with Crippen LogP contribution in [0.1, 0.15) is 114 Å². The van der Waals surface area contributed by atoms with Crippen LogP contribution in [-0.4, -0.2) is 11.7 Å². The van der Waals surface area contributed by atoms with Gasteiger partial charge in [-0.2, -0.15) is 0 Å². The molecule has 0 amide bonds. The molecule has 4 rings (SSSR count). The molecule has 2 heteroatoms. The van der Waals surface area contributed by atoms with E-state index in [0.717, 1.165) is 37.1 Å². The standard InChI is InChI=1S/C44H57N2/c1-7-11-13-14-15-22-28-42-39(23-12-8-2)32-40(33-44(42)38-26-20-17-21-27-38)45-46(6)34(5)29-35-30-36(9-3)41(10-4)43(31-35)37-24-18-16-19-25-37/h16-21,24-27,29-33H,7-15,22-23,28H2,1-6H3/q+1. The minimum atomic E-state index is 1.03. The molecular weight excluding hydrogens is 556 g/mol. The minimum Gasteiger partial charge on any atom is -0.0909 e. The summed E-state index contributed by atoms with van der Waals surface area (Å²) in [5.41, 5.74) is 14.6. The van der Waals surface area contributed by atoms with Crippen molar-refractivity contribution in [3.8, 4) is 22.3 Å². The maximum Gasteiger partial charge on any atom is 0.205 e. The van der Waals surface area contributed by atoms with Crippen LogP contribution in [0, 0.1) is 0 Å². The van der Waals surface area contributed by atoms with Gasteiger partial charge in [-0.1, -0.05) is 138 Å². The Morgan fingerprint density at radius 2 is 1.22 bits per heavy atom. The van der Waals surface area contributed by atoms with Crippen molar-refractivity contribution in [1.82, 2.24) is 0 Å². The first kappa shape index (κ1) is 35.1. The van der Waals surface area contributed by atoms with Crippen molar-refractivity contribution in [2.45, 2.75) is 112 Å². The molecule has 0 aromatic heterocycles. The maximum absolute atomic E-state index is 5.20. The van der Waals surface area contributed by atoms with E-state index in [1.807, 2.05) is 0 Å². The van der Waals surface area contributed by atoms with E-state index < -0.39 is 0 Å². The van der Waals surface area contributed by atoms with Crippen LogP contribution in [0.2, 0.25) is 0 Å². The molecule has 4 aromatic rings. The molecular formula is C44H57N2+. The highest BCUT2D eigenvalue weighted by atomic mass is 15.2. The Morgan fingerprint density at radius 3 is 1.83 bits per heavy atom. The van der Waals surface area contributed by atoms with Gasteiger partial charge in [0.1, 0.15) is 5.69 Å². The molecule has 0 aliphatic heterocycles. The number of azo groups is 2. The van der Waals surface area contributed by atoms with Gasteiger partial charge in [-0.15, -0.1) is 0 Å². The Balaban J connectivity index is 1.72. The lowest BCUT2D eigenvalue weighted by atomic mass is 9.89. The van der Waals surface area contributed by atoms with Crippen molar-refractivity contribution < 1.29 is 4.70 Å². The largest absolute Gasteiger partial charge is 0.205 e. The lowest BCUT2D eigenvalue weighted by Gasteiger charge is -2.16. The molecule has 0 fully saturated rings. The number of hydrogen-bond acceptors (Lipinski definition) is 1. The molecule has 0 unspecified atom stereocenters. The van der Waals surface area contributed by atoms with Gasteiger partial charge in [0.05, 0.1) is 0 Å². The van der Waals surface area contributed by atoms with Crippen molar-refractivity contribution in [1.29, 1.82) is 0 Å². The molecule has 0 spiro atoms. The van der Waals surface area contributed by atoms with Crippen LogP contribution in [-0.2, 0) is 25.7 Å². The first-order valence-electron chi connectivity index (χ1n) is 18.0. The SMILES string of the molecule is CCCCCCCCc1c(CCCC)cc(N=[N+](C)C(C)=Cc2cc(CC)c(CC)c(-c3ccccc3)c2)cc1-c1ccccc1. The topological polar surface area (TPSA) is 15.4 Å². The summed E-state index contributed by atoms with van der Waals surface area (Å²) in [7, 11) is 2.09. The van der Waals surface area contributed by atoms with E-state index in [4.69, 9.17) is 5.11 Å². The van der Waals surface area contributed by atoms with Gasteiger partial charge in [0.2, 0.25) is 5.70 Å². The Hall–Kier alpha value is -3.78. The summed E-state index contributed by atoms with van der Waals surface area (Å²) in [6.45, 7) is 11.3. The van der Waals surface area contributed by atoms with Crippen molar-refractivity contribution in [3.05, 3.63) is 118 Å². The van der Waals surface area contributed by atoms with E-state index in [0.29, 0.717) is 0 Å². The highest BCUT2D eigenvalue weighted by molar-refractivity contribution is 5.74. The summed E-state index contributed by atoms with van der Waals surface area (Å²) >= 11 is 0. The first-order chi connectivity index (χ1) is 22.5. The Kier molecular flexibility index (Phi) is 14.0. The van der Waals surface area contributed by atoms with Crippen molar-refractivity contribution >= 4 is 11.8 Å². The zero-order valence-corrected chi connectivity index (χ0v) is 29.5. The fourth-order valence-electron chi connectivity index (χ4n) is 6.65. The van der Waals surface area contributed by atoms with Crippen molar-refractivity contribution in [2.75, 3.05) is 7.05 Å². The lowest BCUT2D eigenvalue weighted by Crippen LogP contribution is -2.02. The van der Waals surface area contributed by atoms with E-state index >= 15 is 0 Å². The Labute approximate surface area is 280 Å². The van der Waals surface area contributed by atoms with Gasteiger partial charge in [-0.05, 0) is 112 Å². The summed E-state index contributed by atoms with van der Waals surface area (Å²) in [6.07, 6.45) is 16.9. The molecule has 0 aliphatic carbocycles. The molecule has 0 radical (unpaired) electrons. The normalized spacial score (nSPS) is 12.1. The summed E-state index contributed by atoms with van der Waals surface area (Å²) < 4.78 is 2.06. The predicted octanol–water partition coefficient (Wildman–Crippen LogP) is 13.2. The molecule has 0 saturated heterocycles. The van der Waals surface area contributed by atoms with E-state index in [1.165, 1.54) is 101 Å². The molecule has 0 saturated carbocycles. The van der Waals surface area contributed by atoms with Gasteiger partial charge in [-0.3, -0.25) is 0 Å². The van der Waals surface area contributed by atoms with Crippen LogP contribution in [0.4, 0.5) is 5.69 Å². The number of allylic oxidation sites excluding steroid dienone is 1. The molecule has 4 aromatic carbocycles. The van der Waals surface area contributed by atoms with Crippen LogP contribution in [0.5, 0.6) is 0 Å². The molecule has 0 atom stereocenters. The third-order valence-electron chi connectivity index (χ3n) is 9.33. The number of hydrogen-bond donors (Lipinski definition) is 0. The number of benzene rings is 4. The number of nitrogens with zero attached hydrogens (tertiary/aromatic N) is 2. The van der Waals surface area contributed by atoms with E-state index in [-0.39, 0.29) is 0 Å². The van der Waals surface area contributed by atoms with Crippen LogP contribution < -0.4 is 0 Å². The fourth-order valence-corrected chi connectivity index (χ4v) is 6.65. The molecule has 0 bridgehead atoms. The summed E-state index contributed by atoms with van der Waals surface area (Å²) in [5.74, 6) is 0. The quantitative estimate of drug-likeness (QED) is 0.0639. The Bertz CT molecular complexity index is 1580. The zero-order valence-electron chi connectivity index (χ0n) is 29.5. The smallest absolute Gasteiger partial charge is 0.0909 e. The van der Waals surface area contributed by atoms with Gasteiger partial charge in [0, 0.05) is 13.0 Å². The lowest BCUT2D eigenvalue weighted by molar-refractivity contribution is -0.510. The molecule has 0 heterocycles. The second kappa shape index (κ2) is 18.4. The summed E-state index contributed by atoms with van der Waals surface area (Å²) in [6, 6.07) is 31.2. The molecule has 242 valence electrons. The van der Waals surface area contributed by atoms with Crippen LogP contribution in [0.15, 0.2) is 95.7 Å². The minimum absolute atomic E-state index is 1.03. The number of aryl methyl sites for hydroxylation is 2. The average molecular weight is 614 g/mol.